The number of para-hydroxylation sites is 1. The number of rotatable bonds is 6. The molecule has 3 aromatic rings. The summed E-state index contributed by atoms with van der Waals surface area (Å²) in [6, 6.07) is 14.7. The second kappa shape index (κ2) is 8.18. The molecular formula is C21H16FN3O3. The predicted molar refractivity (Wildman–Crippen MR) is 101 cm³/mol. The molecule has 0 saturated heterocycles. The molecule has 6 nitrogen and oxygen atoms in total. The summed E-state index contributed by atoms with van der Waals surface area (Å²) in [5, 5.41) is 21.8. The highest BCUT2D eigenvalue weighted by atomic mass is 19.1. The van der Waals surface area contributed by atoms with E-state index in [4.69, 9.17) is 5.11 Å². The number of halogens is 1. The van der Waals surface area contributed by atoms with Gasteiger partial charge in [0, 0.05) is 29.2 Å². The van der Waals surface area contributed by atoms with Crippen LogP contribution in [0.4, 0.5) is 4.39 Å². The monoisotopic (exact) mass is 377 g/mol. The number of carbonyl (C=O) groups excluding carboxylic acids is 1. The number of carbonyl (C=O) groups is 2. The lowest BCUT2D eigenvalue weighted by Gasteiger charge is -2.04. The molecule has 0 spiro atoms. The highest BCUT2D eigenvalue weighted by Gasteiger charge is 2.13. The van der Waals surface area contributed by atoms with Gasteiger partial charge in [-0.25, -0.2) is 4.39 Å². The van der Waals surface area contributed by atoms with Gasteiger partial charge in [0.05, 0.1) is 0 Å². The summed E-state index contributed by atoms with van der Waals surface area (Å²) in [7, 11) is 0. The Kier molecular flexibility index (Phi) is 5.51. The van der Waals surface area contributed by atoms with Gasteiger partial charge in [-0.2, -0.15) is 5.26 Å². The summed E-state index contributed by atoms with van der Waals surface area (Å²) in [5.74, 6) is -1.93. The number of nitrogens with one attached hydrogen (secondary N) is 1. The fraction of sp³-hybridized carbons (Fsp3) is 0.0952. The molecule has 140 valence electrons. The Hall–Kier alpha value is -3.92. The van der Waals surface area contributed by atoms with Crippen LogP contribution < -0.4 is 5.32 Å². The molecule has 0 aliphatic carbocycles. The molecule has 1 heterocycles. The topological polar surface area (TPSA) is 95.1 Å². The Labute approximate surface area is 160 Å². The van der Waals surface area contributed by atoms with Gasteiger partial charge in [0.2, 0.25) is 0 Å². The predicted octanol–water partition coefficient (Wildman–Crippen LogP) is 3.09. The van der Waals surface area contributed by atoms with Crippen LogP contribution in [0.25, 0.3) is 17.0 Å². The van der Waals surface area contributed by atoms with Crippen LogP contribution in [0, 0.1) is 17.1 Å². The van der Waals surface area contributed by atoms with E-state index in [0.29, 0.717) is 16.6 Å². The van der Waals surface area contributed by atoms with Crippen LogP contribution in [0.3, 0.4) is 0 Å². The standard InChI is InChI=1S/C21H16FN3O3/c22-17-7-5-14(6-8-17)11-24-21(28)15(10-23)9-16-12-25(13-20(26)27)19-4-2-1-3-18(16)19/h1-9,12H,11,13H2,(H,24,28)(H,26,27). The van der Waals surface area contributed by atoms with Gasteiger partial charge in [-0.05, 0) is 29.8 Å². The minimum Gasteiger partial charge on any atom is -0.480 e. The van der Waals surface area contributed by atoms with Gasteiger partial charge >= 0.3 is 5.97 Å². The van der Waals surface area contributed by atoms with Crippen molar-refractivity contribution in [2.75, 3.05) is 0 Å². The van der Waals surface area contributed by atoms with E-state index in [1.165, 1.54) is 18.2 Å². The molecule has 0 aliphatic rings. The number of benzene rings is 2. The Morgan fingerprint density at radius 1 is 1.18 bits per heavy atom. The normalized spacial score (nSPS) is 11.2. The van der Waals surface area contributed by atoms with Crippen LogP contribution >= 0.6 is 0 Å². The average molecular weight is 377 g/mol. The number of amides is 1. The third-order valence-corrected chi connectivity index (χ3v) is 4.16. The quantitative estimate of drug-likeness (QED) is 0.510. The lowest BCUT2D eigenvalue weighted by molar-refractivity contribution is -0.137. The van der Waals surface area contributed by atoms with Crippen molar-refractivity contribution in [3.05, 3.63) is 77.2 Å². The first kappa shape index (κ1) is 18.9. The Morgan fingerprint density at radius 3 is 2.57 bits per heavy atom. The highest BCUT2D eigenvalue weighted by molar-refractivity contribution is 6.04. The van der Waals surface area contributed by atoms with E-state index in [-0.39, 0.29) is 24.5 Å². The summed E-state index contributed by atoms with van der Waals surface area (Å²) in [5.41, 5.74) is 1.86. The summed E-state index contributed by atoms with van der Waals surface area (Å²) in [6.45, 7) is -0.0775. The van der Waals surface area contributed by atoms with E-state index in [2.05, 4.69) is 5.32 Å². The summed E-state index contributed by atoms with van der Waals surface area (Å²) >= 11 is 0. The number of nitriles is 1. The first-order valence-electron chi connectivity index (χ1n) is 8.42. The lowest BCUT2D eigenvalue weighted by atomic mass is 10.1. The number of aromatic nitrogens is 1. The largest absolute Gasteiger partial charge is 0.480 e. The van der Waals surface area contributed by atoms with E-state index in [1.807, 2.05) is 6.07 Å². The third-order valence-electron chi connectivity index (χ3n) is 4.16. The smallest absolute Gasteiger partial charge is 0.323 e. The van der Waals surface area contributed by atoms with Gasteiger partial charge in [-0.3, -0.25) is 9.59 Å². The molecule has 0 unspecified atom stereocenters. The molecule has 0 bridgehead atoms. The molecule has 2 N–H and O–H groups in total. The highest BCUT2D eigenvalue weighted by Crippen LogP contribution is 2.23. The van der Waals surface area contributed by atoms with Crippen molar-refractivity contribution >= 4 is 28.9 Å². The molecule has 0 atom stereocenters. The lowest BCUT2D eigenvalue weighted by Crippen LogP contribution is -2.23. The Bertz CT molecular complexity index is 1110. The third kappa shape index (κ3) is 4.24. The van der Waals surface area contributed by atoms with Crippen LogP contribution in [0.5, 0.6) is 0 Å². The van der Waals surface area contributed by atoms with Gasteiger partial charge in [-0.1, -0.05) is 30.3 Å². The van der Waals surface area contributed by atoms with Crippen molar-refractivity contribution in [1.29, 1.82) is 5.26 Å². The minimum absolute atomic E-state index is 0.111. The van der Waals surface area contributed by atoms with Gasteiger partial charge < -0.3 is 15.0 Å². The number of aliphatic carboxylic acids is 1. The number of hydrogen-bond donors (Lipinski definition) is 2. The molecular weight excluding hydrogens is 361 g/mol. The first-order valence-corrected chi connectivity index (χ1v) is 8.42. The zero-order chi connectivity index (χ0) is 20.1. The van der Waals surface area contributed by atoms with E-state index < -0.39 is 11.9 Å². The minimum atomic E-state index is -0.992. The van der Waals surface area contributed by atoms with Crippen LogP contribution in [0.15, 0.2) is 60.3 Å². The molecule has 1 aromatic heterocycles. The molecule has 0 radical (unpaired) electrons. The van der Waals surface area contributed by atoms with Crippen LogP contribution in [0.2, 0.25) is 0 Å². The number of fused-ring (bicyclic) bond motifs is 1. The number of carboxylic acid groups (broad SMARTS) is 1. The first-order chi connectivity index (χ1) is 13.5. The molecule has 28 heavy (non-hydrogen) atoms. The maximum absolute atomic E-state index is 12.9. The number of nitrogens with zero attached hydrogens (tertiary/aromatic N) is 2. The molecule has 1 amide bonds. The maximum Gasteiger partial charge on any atom is 0.323 e. The fourth-order valence-electron chi connectivity index (χ4n) is 2.85. The van der Waals surface area contributed by atoms with Crippen LogP contribution in [0.1, 0.15) is 11.1 Å². The summed E-state index contributed by atoms with van der Waals surface area (Å²) < 4.78 is 14.5. The summed E-state index contributed by atoms with van der Waals surface area (Å²) in [6.07, 6.45) is 3.03. The molecule has 2 aromatic carbocycles. The van der Waals surface area contributed by atoms with Crippen molar-refractivity contribution < 1.29 is 19.1 Å². The number of carboxylic acids is 1. The zero-order valence-corrected chi connectivity index (χ0v) is 14.7. The zero-order valence-electron chi connectivity index (χ0n) is 14.7. The van der Waals surface area contributed by atoms with Crippen LogP contribution in [-0.4, -0.2) is 21.6 Å². The van der Waals surface area contributed by atoms with Crippen LogP contribution in [-0.2, 0) is 22.7 Å². The summed E-state index contributed by atoms with van der Waals surface area (Å²) in [4.78, 5) is 23.4. The average Bonchev–Trinajstić information content (AvgIpc) is 3.02. The number of hydrogen-bond acceptors (Lipinski definition) is 3. The van der Waals surface area contributed by atoms with Crippen molar-refractivity contribution in [3.8, 4) is 6.07 Å². The van der Waals surface area contributed by atoms with Gasteiger partial charge in [-0.15, -0.1) is 0 Å². The van der Waals surface area contributed by atoms with Crippen molar-refractivity contribution in [2.24, 2.45) is 0 Å². The molecule has 0 fully saturated rings. The van der Waals surface area contributed by atoms with Crippen molar-refractivity contribution in [1.82, 2.24) is 9.88 Å². The fourth-order valence-corrected chi connectivity index (χ4v) is 2.85. The second-order valence-electron chi connectivity index (χ2n) is 6.10. The Balaban J connectivity index is 1.85. The molecule has 0 aliphatic heterocycles. The van der Waals surface area contributed by atoms with E-state index in [0.717, 1.165) is 5.39 Å². The van der Waals surface area contributed by atoms with Gasteiger partial charge in [0.15, 0.2) is 0 Å². The van der Waals surface area contributed by atoms with Gasteiger partial charge in [0.1, 0.15) is 24.0 Å². The second-order valence-corrected chi connectivity index (χ2v) is 6.10. The van der Waals surface area contributed by atoms with E-state index in [9.17, 15) is 19.2 Å². The van der Waals surface area contributed by atoms with E-state index >= 15 is 0 Å². The van der Waals surface area contributed by atoms with E-state index in [1.54, 1.807) is 47.2 Å². The van der Waals surface area contributed by atoms with Crippen molar-refractivity contribution in [3.63, 3.8) is 0 Å². The Morgan fingerprint density at radius 2 is 1.89 bits per heavy atom. The van der Waals surface area contributed by atoms with Gasteiger partial charge in [0.25, 0.3) is 5.91 Å². The maximum atomic E-state index is 12.9. The molecule has 0 saturated carbocycles. The van der Waals surface area contributed by atoms with Crippen molar-refractivity contribution in [2.45, 2.75) is 13.1 Å². The molecule has 3 rings (SSSR count). The molecule has 7 heteroatoms. The SMILES string of the molecule is N#CC(=Cc1cn(CC(=O)O)c2ccccc12)C(=O)NCc1ccc(F)cc1.